The van der Waals surface area contributed by atoms with Crippen molar-refractivity contribution < 1.29 is 14.7 Å². The molecule has 2 aromatic carbocycles. The Kier molecular flexibility index (Phi) is 6.44. The highest BCUT2D eigenvalue weighted by molar-refractivity contribution is 5.95. The number of nitrogens with zero attached hydrogens (tertiary/aromatic N) is 2. The Morgan fingerprint density at radius 1 is 0.871 bits per heavy atom. The van der Waals surface area contributed by atoms with Crippen LogP contribution in [-0.4, -0.2) is 43.2 Å². The fourth-order valence-electron chi connectivity index (χ4n) is 4.85. The number of rotatable bonds is 5. The standard InChI is InChI=1S/C25H31N3O3/c1-18-6-2-5-9-23(18)28-16-14-27(15-17-28)20-12-10-19(11-13-20)26-24(29)21-7-3-4-8-22(21)25(30)31/h2,5-6,9-13,21-22H,3-4,7-8,14-17H2,1H3,(H,26,29)(H,30,31)/t21-,22+/m1/s1. The highest BCUT2D eigenvalue weighted by Crippen LogP contribution is 2.31. The molecule has 31 heavy (non-hydrogen) atoms. The van der Waals surface area contributed by atoms with Crippen LogP contribution in [0.1, 0.15) is 31.2 Å². The molecule has 1 heterocycles. The van der Waals surface area contributed by atoms with Gasteiger partial charge < -0.3 is 20.2 Å². The molecule has 1 amide bonds. The van der Waals surface area contributed by atoms with Crippen molar-refractivity contribution in [2.45, 2.75) is 32.6 Å². The van der Waals surface area contributed by atoms with Crippen LogP contribution in [0, 0.1) is 18.8 Å². The van der Waals surface area contributed by atoms with E-state index in [1.807, 2.05) is 24.3 Å². The molecular formula is C25H31N3O3. The number of anilines is 3. The van der Waals surface area contributed by atoms with Crippen LogP contribution >= 0.6 is 0 Å². The Hall–Kier alpha value is -3.02. The molecule has 0 bridgehead atoms. The molecule has 1 aliphatic carbocycles. The zero-order chi connectivity index (χ0) is 21.8. The lowest BCUT2D eigenvalue weighted by molar-refractivity contribution is -0.147. The summed E-state index contributed by atoms with van der Waals surface area (Å²) < 4.78 is 0. The summed E-state index contributed by atoms with van der Waals surface area (Å²) in [4.78, 5) is 29.0. The molecule has 2 aromatic rings. The number of carbonyl (C=O) groups is 2. The van der Waals surface area contributed by atoms with Crippen LogP contribution in [0.25, 0.3) is 0 Å². The minimum Gasteiger partial charge on any atom is -0.481 e. The molecular weight excluding hydrogens is 390 g/mol. The molecule has 2 atom stereocenters. The monoisotopic (exact) mass is 421 g/mol. The SMILES string of the molecule is Cc1ccccc1N1CCN(c2ccc(NC(=O)[C@@H]3CCCC[C@@H]3C(=O)O)cc2)CC1. The summed E-state index contributed by atoms with van der Waals surface area (Å²) in [7, 11) is 0. The van der Waals surface area contributed by atoms with Gasteiger partial charge in [0.15, 0.2) is 0 Å². The highest BCUT2D eigenvalue weighted by Gasteiger charge is 2.35. The van der Waals surface area contributed by atoms with Gasteiger partial charge in [-0.15, -0.1) is 0 Å². The summed E-state index contributed by atoms with van der Waals surface area (Å²) in [6.45, 7) is 5.99. The predicted molar refractivity (Wildman–Crippen MR) is 124 cm³/mol. The number of hydrogen-bond acceptors (Lipinski definition) is 4. The van der Waals surface area contributed by atoms with E-state index in [1.54, 1.807) is 0 Å². The van der Waals surface area contributed by atoms with Crippen LogP contribution in [0.3, 0.4) is 0 Å². The number of aryl methyl sites for hydroxylation is 1. The first-order valence-electron chi connectivity index (χ1n) is 11.2. The number of amides is 1. The number of carboxylic acids is 1. The maximum Gasteiger partial charge on any atom is 0.307 e. The summed E-state index contributed by atoms with van der Waals surface area (Å²) >= 11 is 0. The number of benzene rings is 2. The normalized spacial score (nSPS) is 21.6. The maximum atomic E-state index is 12.7. The van der Waals surface area contributed by atoms with Crippen molar-refractivity contribution in [3.05, 3.63) is 54.1 Å². The Labute approximate surface area is 183 Å². The van der Waals surface area contributed by atoms with E-state index in [9.17, 15) is 14.7 Å². The molecule has 2 fully saturated rings. The van der Waals surface area contributed by atoms with E-state index in [1.165, 1.54) is 11.3 Å². The minimum absolute atomic E-state index is 0.174. The molecule has 0 spiro atoms. The van der Waals surface area contributed by atoms with Gasteiger partial charge in [-0.2, -0.15) is 0 Å². The predicted octanol–water partition coefficient (Wildman–Crippen LogP) is 4.15. The van der Waals surface area contributed by atoms with Crippen LogP contribution in [0.4, 0.5) is 17.1 Å². The summed E-state index contributed by atoms with van der Waals surface area (Å²) in [6.07, 6.45) is 3.02. The highest BCUT2D eigenvalue weighted by atomic mass is 16.4. The first-order valence-corrected chi connectivity index (χ1v) is 11.2. The average Bonchev–Trinajstić information content (AvgIpc) is 2.80. The number of hydrogen-bond donors (Lipinski definition) is 2. The zero-order valence-electron chi connectivity index (χ0n) is 18.1. The van der Waals surface area contributed by atoms with Crippen LogP contribution in [0.15, 0.2) is 48.5 Å². The fraction of sp³-hybridized carbons (Fsp3) is 0.440. The summed E-state index contributed by atoms with van der Waals surface area (Å²) in [5.41, 5.74) is 4.48. The van der Waals surface area contributed by atoms with Crippen molar-refractivity contribution in [1.82, 2.24) is 0 Å². The number of aliphatic carboxylic acids is 1. The average molecular weight is 422 g/mol. The molecule has 1 saturated carbocycles. The molecule has 2 aliphatic rings. The Morgan fingerprint density at radius 2 is 1.48 bits per heavy atom. The summed E-state index contributed by atoms with van der Waals surface area (Å²) in [5, 5.41) is 12.4. The molecule has 6 heteroatoms. The Balaban J connectivity index is 1.34. The van der Waals surface area contributed by atoms with Crippen molar-refractivity contribution >= 4 is 28.9 Å². The fourth-order valence-corrected chi connectivity index (χ4v) is 4.85. The van der Waals surface area contributed by atoms with Gasteiger partial charge in [0, 0.05) is 43.2 Å². The van der Waals surface area contributed by atoms with E-state index in [-0.39, 0.29) is 5.91 Å². The third kappa shape index (κ3) is 4.84. The molecule has 1 saturated heterocycles. The van der Waals surface area contributed by atoms with Gasteiger partial charge in [0.25, 0.3) is 0 Å². The van der Waals surface area contributed by atoms with Crippen LogP contribution in [-0.2, 0) is 9.59 Å². The quantitative estimate of drug-likeness (QED) is 0.759. The first-order chi connectivity index (χ1) is 15.0. The topological polar surface area (TPSA) is 72.9 Å². The molecule has 6 nitrogen and oxygen atoms in total. The molecule has 164 valence electrons. The Morgan fingerprint density at radius 3 is 2.13 bits per heavy atom. The van der Waals surface area contributed by atoms with E-state index in [2.05, 4.69) is 46.3 Å². The van der Waals surface area contributed by atoms with Crippen LogP contribution < -0.4 is 15.1 Å². The lowest BCUT2D eigenvalue weighted by Gasteiger charge is -2.38. The molecule has 0 unspecified atom stereocenters. The van der Waals surface area contributed by atoms with Gasteiger partial charge in [-0.3, -0.25) is 9.59 Å². The van der Waals surface area contributed by atoms with Gasteiger partial charge >= 0.3 is 5.97 Å². The van der Waals surface area contributed by atoms with Gasteiger partial charge in [0.1, 0.15) is 0 Å². The van der Waals surface area contributed by atoms with Crippen molar-refractivity contribution in [3.63, 3.8) is 0 Å². The number of nitrogens with one attached hydrogen (secondary N) is 1. The van der Waals surface area contributed by atoms with Gasteiger partial charge in [0.2, 0.25) is 5.91 Å². The van der Waals surface area contributed by atoms with Gasteiger partial charge in [-0.1, -0.05) is 31.0 Å². The second-order valence-electron chi connectivity index (χ2n) is 8.63. The van der Waals surface area contributed by atoms with Gasteiger partial charge in [-0.05, 0) is 55.7 Å². The molecule has 0 aromatic heterocycles. The number of carbonyl (C=O) groups excluding carboxylic acids is 1. The van der Waals surface area contributed by atoms with E-state index in [0.717, 1.165) is 50.4 Å². The van der Waals surface area contributed by atoms with E-state index >= 15 is 0 Å². The molecule has 0 radical (unpaired) electrons. The first kappa shape index (κ1) is 21.2. The molecule has 4 rings (SSSR count). The zero-order valence-corrected chi connectivity index (χ0v) is 18.1. The molecule has 2 N–H and O–H groups in total. The lowest BCUT2D eigenvalue weighted by Crippen LogP contribution is -2.46. The van der Waals surface area contributed by atoms with Crippen LogP contribution in [0.2, 0.25) is 0 Å². The van der Waals surface area contributed by atoms with Crippen LogP contribution in [0.5, 0.6) is 0 Å². The van der Waals surface area contributed by atoms with Gasteiger partial charge in [-0.25, -0.2) is 0 Å². The maximum absolute atomic E-state index is 12.7. The van der Waals surface area contributed by atoms with E-state index in [4.69, 9.17) is 0 Å². The van der Waals surface area contributed by atoms with Crippen molar-refractivity contribution in [3.8, 4) is 0 Å². The van der Waals surface area contributed by atoms with Crippen molar-refractivity contribution in [1.29, 1.82) is 0 Å². The minimum atomic E-state index is -0.861. The second-order valence-corrected chi connectivity index (χ2v) is 8.63. The smallest absolute Gasteiger partial charge is 0.307 e. The van der Waals surface area contributed by atoms with E-state index < -0.39 is 17.8 Å². The summed E-state index contributed by atoms with van der Waals surface area (Å²) in [5.74, 6) is -2.05. The number of para-hydroxylation sites is 1. The third-order valence-corrected chi connectivity index (χ3v) is 6.66. The van der Waals surface area contributed by atoms with E-state index in [0.29, 0.717) is 12.8 Å². The van der Waals surface area contributed by atoms with Crippen molar-refractivity contribution in [2.24, 2.45) is 11.8 Å². The van der Waals surface area contributed by atoms with Gasteiger partial charge in [0.05, 0.1) is 11.8 Å². The third-order valence-electron chi connectivity index (χ3n) is 6.66. The second kappa shape index (κ2) is 9.41. The molecule has 1 aliphatic heterocycles. The lowest BCUT2D eigenvalue weighted by atomic mass is 9.78. The number of piperazine rings is 1. The largest absolute Gasteiger partial charge is 0.481 e. The number of carboxylic acid groups (broad SMARTS) is 1. The Bertz CT molecular complexity index is 920. The summed E-state index contributed by atoms with van der Waals surface area (Å²) in [6, 6.07) is 16.4. The van der Waals surface area contributed by atoms with Crippen molar-refractivity contribution in [2.75, 3.05) is 41.3 Å².